The van der Waals surface area contributed by atoms with Crippen LogP contribution in [0.25, 0.3) is 22.2 Å². The summed E-state index contributed by atoms with van der Waals surface area (Å²) < 4.78 is 12.5. The number of aromatic nitrogens is 2. The number of nitrogens with zero attached hydrogens (tertiary/aromatic N) is 3. The fraction of sp³-hybridized carbons (Fsp3) is 0.348. The zero-order chi connectivity index (χ0) is 19.8. The van der Waals surface area contributed by atoms with Crippen molar-refractivity contribution in [3.05, 3.63) is 48.8 Å². The number of fused-ring (bicyclic) bond motifs is 2. The van der Waals surface area contributed by atoms with E-state index in [1.54, 1.807) is 6.20 Å². The number of rotatable bonds is 2. The molecule has 3 aromatic rings. The maximum Gasteiger partial charge on any atom is 0.222 e. The van der Waals surface area contributed by atoms with E-state index in [1.807, 2.05) is 54.4 Å². The van der Waals surface area contributed by atoms with Crippen molar-refractivity contribution in [2.45, 2.75) is 31.8 Å². The van der Waals surface area contributed by atoms with Crippen molar-refractivity contribution >= 4 is 16.9 Å². The van der Waals surface area contributed by atoms with Gasteiger partial charge in [0.2, 0.25) is 5.91 Å². The zero-order valence-corrected chi connectivity index (χ0v) is 16.4. The van der Waals surface area contributed by atoms with Crippen molar-refractivity contribution in [3.8, 4) is 22.6 Å². The molecule has 148 valence electrons. The van der Waals surface area contributed by atoms with E-state index in [-0.39, 0.29) is 11.5 Å². The molecule has 1 aromatic carbocycles. The van der Waals surface area contributed by atoms with Gasteiger partial charge in [-0.25, -0.2) is 0 Å². The van der Waals surface area contributed by atoms with Gasteiger partial charge in [-0.2, -0.15) is 0 Å². The van der Waals surface area contributed by atoms with Crippen LogP contribution >= 0.6 is 0 Å². The Balaban J connectivity index is 1.36. The average Bonchev–Trinajstić information content (AvgIpc) is 2.78. The molecule has 6 heteroatoms. The first kappa shape index (κ1) is 17.9. The normalized spacial score (nSPS) is 17.5. The summed E-state index contributed by atoms with van der Waals surface area (Å²) in [7, 11) is 0. The highest BCUT2D eigenvalue weighted by molar-refractivity contribution is 5.80. The molecule has 1 spiro atoms. The van der Waals surface area contributed by atoms with Crippen molar-refractivity contribution in [1.29, 1.82) is 0 Å². The summed E-state index contributed by atoms with van der Waals surface area (Å²) in [5, 5.41) is 0. The Labute approximate surface area is 169 Å². The van der Waals surface area contributed by atoms with E-state index < -0.39 is 0 Å². The van der Waals surface area contributed by atoms with Gasteiger partial charge in [-0.15, -0.1) is 0 Å². The predicted octanol–water partition coefficient (Wildman–Crippen LogP) is 3.84. The van der Waals surface area contributed by atoms with E-state index in [2.05, 4.69) is 9.97 Å². The lowest BCUT2D eigenvalue weighted by atomic mass is 9.90. The van der Waals surface area contributed by atoms with Crippen molar-refractivity contribution in [3.63, 3.8) is 0 Å². The molecule has 1 amide bonds. The van der Waals surface area contributed by atoms with Crippen LogP contribution in [0.3, 0.4) is 0 Å². The molecule has 0 saturated carbocycles. The Morgan fingerprint density at radius 3 is 2.76 bits per heavy atom. The summed E-state index contributed by atoms with van der Waals surface area (Å²) in [6.45, 7) is 3.86. The van der Waals surface area contributed by atoms with Gasteiger partial charge >= 0.3 is 0 Å². The van der Waals surface area contributed by atoms with Crippen LogP contribution in [0.4, 0.5) is 0 Å². The highest BCUT2D eigenvalue weighted by Gasteiger charge is 2.41. The number of likely N-dealkylation sites (tertiary alicyclic amines) is 1. The van der Waals surface area contributed by atoms with Gasteiger partial charge in [-0.05, 0) is 35.9 Å². The SMILES string of the molecule is CCC(=O)N1CCC2(CC1)COc1cc(-c3cnc4cccnc4c3)ccc1O2. The zero-order valence-electron chi connectivity index (χ0n) is 16.4. The Hall–Kier alpha value is -3.15. The second kappa shape index (κ2) is 7.03. The summed E-state index contributed by atoms with van der Waals surface area (Å²) in [4.78, 5) is 22.7. The van der Waals surface area contributed by atoms with Crippen molar-refractivity contribution in [2.24, 2.45) is 0 Å². The Morgan fingerprint density at radius 1 is 1.07 bits per heavy atom. The molecule has 4 heterocycles. The average molecular weight is 389 g/mol. The van der Waals surface area contributed by atoms with E-state index in [0.717, 1.165) is 59.6 Å². The van der Waals surface area contributed by atoms with Gasteiger partial charge in [0.1, 0.15) is 12.2 Å². The summed E-state index contributed by atoms with van der Waals surface area (Å²) in [6, 6.07) is 11.9. The Bertz CT molecular complexity index is 1070. The molecule has 0 atom stereocenters. The van der Waals surface area contributed by atoms with E-state index in [4.69, 9.17) is 9.47 Å². The molecule has 2 aromatic heterocycles. The molecular formula is C23H23N3O3. The molecule has 0 bridgehead atoms. The lowest BCUT2D eigenvalue weighted by molar-refractivity contribution is -0.135. The van der Waals surface area contributed by atoms with Gasteiger partial charge in [0.05, 0.1) is 11.0 Å². The molecule has 0 radical (unpaired) electrons. The second-order valence-electron chi connectivity index (χ2n) is 7.74. The first-order valence-electron chi connectivity index (χ1n) is 10.1. The minimum atomic E-state index is -0.340. The van der Waals surface area contributed by atoms with Crippen LogP contribution in [-0.2, 0) is 4.79 Å². The first-order chi connectivity index (χ1) is 14.2. The molecule has 6 nitrogen and oxygen atoms in total. The monoisotopic (exact) mass is 389 g/mol. The molecule has 2 aliphatic rings. The number of pyridine rings is 2. The molecule has 0 unspecified atom stereocenters. The third-order valence-corrected chi connectivity index (χ3v) is 5.88. The van der Waals surface area contributed by atoms with E-state index in [1.165, 1.54) is 0 Å². The van der Waals surface area contributed by atoms with Gasteiger partial charge in [0.25, 0.3) is 0 Å². The number of carbonyl (C=O) groups excluding carboxylic acids is 1. The molecule has 5 rings (SSSR count). The van der Waals surface area contributed by atoms with Gasteiger partial charge in [0, 0.05) is 50.3 Å². The highest BCUT2D eigenvalue weighted by Crippen LogP contribution is 2.41. The van der Waals surface area contributed by atoms with Crippen LogP contribution in [0.2, 0.25) is 0 Å². The number of amides is 1. The van der Waals surface area contributed by atoms with Crippen LogP contribution in [0.5, 0.6) is 11.5 Å². The van der Waals surface area contributed by atoms with E-state index in [0.29, 0.717) is 13.0 Å². The maximum absolute atomic E-state index is 11.9. The fourth-order valence-corrected chi connectivity index (χ4v) is 4.10. The van der Waals surface area contributed by atoms with Crippen LogP contribution in [0.15, 0.2) is 48.8 Å². The first-order valence-corrected chi connectivity index (χ1v) is 10.1. The lowest BCUT2D eigenvalue weighted by Gasteiger charge is -2.44. The smallest absolute Gasteiger partial charge is 0.222 e. The van der Waals surface area contributed by atoms with Crippen molar-refractivity contribution in [2.75, 3.05) is 19.7 Å². The topological polar surface area (TPSA) is 64.6 Å². The summed E-state index contributed by atoms with van der Waals surface area (Å²) in [6.07, 6.45) is 5.77. The molecule has 0 N–H and O–H groups in total. The maximum atomic E-state index is 11.9. The minimum absolute atomic E-state index is 0.208. The number of ether oxygens (including phenoxy) is 2. The summed E-state index contributed by atoms with van der Waals surface area (Å²) in [5.41, 5.74) is 3.42. The Morgan fingerprint density at radius 2 is 1.93 bits per heavy atom. The molecule has 0 aliphatic carbocycles. The summed E-state index contributed by atoms with van der Waals surface area (Å²) >= 11 is 0. The van der Waals surface area contributed by atoms with Gasteiger partial charge < -0.3 is 14.4 Å². The quantitative estimate of drug-likeness (QED) is 0.666. The second-order valence-corrected chi connectivity index (χ2v) is 7.74. The Kier molecular flexibility index (Phi) is 4.34. The lowest BCUT2D eigenvalue weighted by Crippen LogP contribution is -2.54. The molecule has 2 aliphatic heterocycles. The summed E-state index contributed by atoms with van der Waals surface area (Å²) in [5.74, 6) is 1.73. The van der Waals surface area contributed by atoms with Crippen LogP contribution in [0.1, 0.15) is 26.2 Å². The van der Waals surface area contributed by atoms with E-state index >= 15 is 0 Å². The highest BCUT2D eigenvalue weighted by atomic mass is 16.6. The fourth-order valence-electron chi connectivity index (χ4n) is 4.10. The van der Waals surface area contributed by atoms with Crippen LogP contribution < -0.4 is 9.47 Å². The number of piperidine rings is 1. The van der Waals surface area contributed by atoms with Crippen LogP contribution in [-0.4, -0.2) is 46.1 Å². The van der Waals surface area contributed by atoms with Crippen molar-refractivity contribution in [1.82, 2.24) is 14.9 Å². The molecule has 29 heavy (non-hydrogen) atoms. The molecule has 1 saturated heterocycles. The van der Waals surface area contributed by atoms with Gasteiger partial charge in [0.15, 0.2) is 11.5 Å². The predicted molar refractivity (Wildman–Crippen MR) is 110 cm³/mol. The number of carbonyl (C=O) groups is 1. The van der Waals surface area contributed by atoms with Crippen LogP contribution in [0, 0.1) is 0 Å². The van der Waals surface area contributed by atoms with Gasteiger partial charge in [-0.3, -0.25) is 14.8 Å². The van der Waals surface area contributed by atoms with E-state index in [9.17, 15) is 4.79 Å². The largest absolute Gasteiger partial charge is 0.486 e. The molecule has 1 fully saturated rings. The van der Waals surface area contributed by atoms with Gasteiger partial charge in [-0.1, -0.05) is 13.0 Å². The van der Waals surface area contributed by atoms with Crippen molar-refractivity contribution < 1.29 is 14.3 Å². The minimum Gasteiger partial charge on any atom is -0.486 e. The standard InChI is InChI=1S/C23H23N3O3/c1-2-22(27)26-10-7-23(8-11-26)15-28-21-13-16(5-6-20(21)29-23)17-12-19-18(25-14-17)4-3-9-24-19/h3-6,9,12-14H,2,7-8,10-11,15H2,1H3. The number of hydrogen-bond donors (Lipinski definition) is 0. The third kappa shape index (κ3) is 3.28. The number of hydrogen-bond acceptors (Lipinski definition) is 5. The number of benzene rings is 1. The third-order valence-electron chi connectivity index (χ3n) is 5.88. The molecular weight excluding hydrogens is 366 g/mol.